The van der Waals surface area contributed by atoms with Gasteiger partial charge in [-0.1, -0.05) is 11.6 Å². The molecule has 8 heteroatoms. The summed E-state index contributed by atoms with van der Waals surface area (Å²) < 4.78 is 5.30. The van der Waals surface area contributed by atoms with Crippen LogP contribution in [0.3, 0.4) is 0 Å². The molecule has 1 aliphatic heterocycles. The minimum Gasteiger partial charge on any atom is -0.495 e. The van der Waals surface area contributed by atoms with Crippen molar-refractivity contribution in [1.29, 1.82) is 0 Å². The molecule has 0 radical (unpaired) electrons. The molecule has 4 rings (SSSR count). The van der Waals surface area contributed by atoms with Crippen LogP contribution in [-0.2, 0) is 4.79 Å². The Kier molecular flexibility index (Phi) is 6.09. The van der Waals surface area contributed by atoms with E-state index >= 15 is 0 Å². The molecule has 7 nitrogen and oxygen atoms in total. The number of halogens is 1. The summed E-state index contributed by atoms with van der Waals surface area (Å²) in [7, 11) is 1.57. The fourth-order valence-corrected chi connectivity index (χ4v) is 3.73. The second-order valence-electron chi connectivity index (χ2n) is 7.11. The number of aromatic nitrogens is 3. The number of piperidine rings is 1. The lowest BCUT2D eigenvalue weighted by molar-refractivity contribution is -0.120. The Balaban J connectivity index is 1.36. The molecule has 1 aliphatic rings. The number of carbonyl (C=O) groups excluding carboxylic acids is 1. The Morgan fingerprint density at radius 3 is 2.53 bits per heavy atom. The lowest BCUT2D eigenvalue weighted by atomic mass is 9.95. The highest BCUT2D eigenvalue weighted by molar-refractivity contribution is 6.31. The lowest BCUT2D eigenvalue weighted by Gasteiger charge is -2.32. The maximum Gasteiger partial charge on any atom is 0.227 e. The monoisotopic (exact) mass is 423 g/mol. The van der Waals surface area contributed by atoms with Crippen LogP contribution < -0.4 is 15.0 Å². The maximum atomic E-state index is 12.7. The van der Waals surface area contributed by atoms with E-state index in [0.717, 1.165) is 43.0 Å². The third kappa shape index (κ3) is 4.52. The molecule has 0 bridgehead atoms. The number of hydrogen-bond donors (Lipinski definition) is 1. The van der Waals surface area contributed by atoms with Crippen LogP contribution in [0.1, 0.15) is 12.8 Å². The molecular weight excluding hydrogens is 402 g/mol. The number of carbonyl (C=O) groups is 1. The van der Waals surface area contributed by atoms with Gasteiger partial charge in [0.1, 0.15) is 5.75 Å². The quantitative estimate of drug-likeness (QED) is 0.666. The molecule has 3 aromatic rings. The second-order valence-corrected chi connectivity index (χ2v) is 7.54. The van der Waals surface area contributed by atoms with Gasteiger partial charge in [-0.3, -0.25) is 9.78 Å². The first-order chi connectivity index (χ1) is 14.6. The smallest absolute Gasteiger partial charge is 0.227 e. The van der Waals surface area contributed by atoms with Gasteiger partial charge in [-0.05, 0) is 55.3 Å². The Labute approximate surface area is 180 Å². The number of pyridine rings is 1. The molecule has 1 saturated heterocycles. The molecule has 1 amide bonds. The summed E-state index contributed by atoms with van der Waals surface area (Å²) in [6, 6.07) is 12.9. The Bertz CT molecular complexity index is 1010. The lowest BCUT2D eigenvalue weighted by Crippen LogP contribution is -2.38. The number of rotatable bonds is 5. The summed E-state index contributed by atoms with van der Waals surface area (Å²) in [4.78, 5) is 18.9. The average Bonchev–Trinajstić information content (AvgIpc) is 2.80. The number of anilines is 2. The van der Waals surface area contributed by atoms with Crippen molar-refractivity contribution in [3.05, 3.63) is 59.9 Å². The summed E-state index contributed by atoms with van der Waals surface area (Å²) in [6.07, 6.45) is 4.95. The molecule has 0 atom stereocenters. The molecule has 0 unspecified atom stereocenters. The Hall–Kier alpha value is -3.19. The molecule has 30 heavy (non-hydrogen) atoms. The van der Waals surface area contributed by atoms with Gasteiger partial charge in [0, 0.05) is 42.0 Å². The maximum absolute atomic E-state index is 12.7. The van der Waals surface area contributed by atoms with E-state index in [1.165, 1.54) is 0 Å². The first-order valence-corrected chi connectivity index (χ1v) is 10.2. The third-order valence-electron chi connectivity index (χ3n) is 5.24. The summed E-state index contributed by atoms with van der Waals surface area (Å²) in [5.41, 5.74) is 2.39. The number of amides is 1. The number of hydrogen-bond acceptors (Lipinski definition) is 6. The Morgan fingerprint density at radius 2 is 1.87 bits per heavy atom. The van der Waals surface area contributed by atoms with Gasteiger partial charge in [-0.25, -0.2) is 0 Å². The first-order valence-electron chi connectivity index (χ1n) is 9.77. The molecule has 1 fully saturated rings. The largest absolute Gasteiger partial charge is 0.495 e. The van der Waals surface area contributed by atoms with Gasteiger partial charge in [-0.2, -0.15) is 0 Å². The van der Waals surface area contributed by atoms with Crippen molar-refractivity contribution in [3.8, 4) is 17.0 Å². The van der Waals surface area contributed by atoms with Crippen molar-refractivity contribution < 1.29 is 9.53 Å². The van der Waals surface area contributed by atoms with Crippen molar-refractivity contribution in [2.75, 3.05) is 30.4 Å². The fourth-order valence-electron chi connectivity index (χ4n) is 3.55. The molecule has 2 aromatic heterocycles. The minimum absolute atomic E-state index is 0.0191. The zero-order chi connectivity index (χ0) is 20.9. The second kappa shape index (κ2) is 9.09. The van der Waals surface area contributed by atoms with Gasteiger partial charge in [0.2, 0.25) is 5.91 Å². The van der Waals surface area contributed by atoms with Crippen LogP contribution in [0.4, 0.5) is 11.5 Å². The molecule has 0 aliphatic carbocycles. The molecule has 0 saturated carbocycles. The van der Waals surface area contributed by atoms with Crippen molar-refractivity contribution >= 4 is 29.0 Å². The number of nitrogens with one attached hydrogen (secondary N) is 1. The highest BCUT2D eigenvalue weighted by Gasteiger charge is 2.26. The van der Waals surface area contributed by atoms with Crippen molar-refractivity contribution in [2.45, 2.75) is 12.8 Å². The van der Waals surface area contributed by atoms with E-state index < -0.39 is 0 Å². The van der Waals surface area contributed by atoms with Crippen LogP contribution in [0.15, 0.2) is 54.9 Å². The highest BCUT2D eigenvalue weighted by Crippen LogP contribution is 2.30. The highest BCUT2D eigenvalue weighted by atomic mass is 35.5. The van der Waals surface area contributed by atoms with E-state index in [0.29, 0.717) is 16.5 Å². The first kappa shape index (κ1) is 20.1. The van der Waals surface area contributed by atoms with E-state index in [1.54, 1.807) is 37.7 Å². The van der Waals surface area contributed by atoms with Crippen LogP contribution >= 0.6 is 11.6 Å². The molecule has 0 spiro atoms. The van der Waals surface area contributed by atoms with Crippen LogP contribution in [0.2, 0.25) is 5.02 Å². The van der Waals surface area contributed by atoms with E-state index in [9.17, 15) is 4.79 Å². The SMILES string of the molecule is COc1ccc(Cl)cc1NC(=O)C1CCN(c2ccc(-c3ccncc3)nn2)CC1. The van der Waals surface area contributed by atoms with Gasteiger partial charge < -0.3 is 15.0 Å². The number of methoxy groups -OCH3 is 1. The van der Waals surface area contributed by atoms with Gasteiger partial charge >= 0.3 is 0 Å². The number of nitrogens with zero attached hydrogens (tertiary/aromatic N) is 4. The molecule has 1 aromatic carbocycles. The minimum atomic E-state index is -0.0750. The molecular formula is C22H22ClN5O2. The van der Waals surface area contributed by atoms with Gasteiger partial charge in [0.05, 0.1) is 18.5 Å². The summed E-state index contributed by atoms with van der Waals surface area (Å²) in [6.45, 7) is 1.49. The summed E-state index contributed by atoms with van der Waals surface area (Å²) in [5, 5.41) is 12.2. The average molecular weight is 424 g/mol. The van der Waals surface area contributed by atoms with Crippen molar-refractivity contribution in [3.63, 3.8) is 0 Å². The third-order valence-corrected chi connectivity index (χ3v) is 5.47. The summed E-state index contributed by atoms with van der Waals surface area (Å²) in [5.74, 6) is 1.32. The predicted octanol–water partition coefficient (Wildman–Crippen LogP) is 4.06. The normalized spacial score (nSPS) is 14.4. The van der Waals surface area contributed by atoms with E-state index in [1.807, 2.05) is 24.3 Å². The Morgan fingerprint density at radius 1 is 1.10 bits per heavy atom. The fraction of sp³-hybridized carbons (Fsp3) is 0.273. The van der Waals surface area contributed by atoms with E-state index in [2.05, 4.69) is 25.4 Å². The van der Waals surface area contributed by atoms with Gasteiger partial charge in [-0.15, -0.1) is 10.2 Å². The van der Waals surface area contributed by atoms with Crippen LogP contribution in [-0.4, -0.2) is 41.3 Å². The van der Waals surface area contributed by atoms with Crippen LogP contribution in [0.25, 0.3) is 11.3 Å². The van der Waals surface area contributed by atoms with Crippen molar-refractivity contribution in [2.24, 2.45) is 5.92 Å². The van der Waals surface area contributed by atoms with Gasteiger partial charge in [0.15, 0.2) is 5.82 Å². The van der Waals surface area contributed by atoms with Crippen molar-refractivity contribution in [1.82, 2.24) is 15.2 Å². The van der Waals surface area contributed by atoms with Gasteiger partial charge in [0.25, 0.3) is 0 Å². The summed E-state index contributed by atoms with van der Waals surface area (Å²) >= 11 is 6.05. The molecule has 154 valence electrons. The van der Waals surface area contributed by atoms with Crippen LogP contribution in [0, 0.1) is 5.92 Å². The number of benzene rings is 1. The molecule has 3 heterocycles. The number of ether oxygens (including phenoxy) is 1. The van der Waals surface area contributed by atoms with E-state index in [-0.39, 0.29) is 11.8 Å². The standard InChI is InChI=1S/C22H22ClN5O2/c1-30-20-4-2-17(23)14-19(20)25-22(29)16-8-12-28(13-9-16)21-5-3-18(26-27-21)15-6-10-24-11-7-15/h2-7,10-11,14,16H,8-9,12-13H2,1H3,(H,25,29). The predicted molar refractivity (Wildman–Crippen MR) is 117 cm³/mol. The van der Waals surface area contributed by atoms with E-state index in [4.69, 9.17) is 16.3 Å². The zero-order valence-electron chi connectivity index (χ0n) is 16.6. The zero-order valence-corrected chi connectivity index (χ0v) is 17.3. The van der Waals surface area contributed by atoms with Crippen LogP contribution in [0.5, 0.6) is 5.75 Å². The molecule has 1 N–H and O–H groups in total. The topological polar surface area (TPSA) is 80.2 Å².